The summed E-state index contributed by atoms with van der Waals surface area (Å²) < 4.78 is 7.08. The lowest BCUT2D eigenvalue weighted by Crippen LogP contribution is -2.61. The molecule has 0 amide bonds. The second-order valence-corrected chi connectivity index (χ2v) is 6.71. The van der Waals surface area contributed by atoms with Crippen molar-refractivity contribution in [3.05, 3.63) is 18.0 Å². The number of ether oxygens (including phenoxy) is 1. The zero-order valence-electron chi connectivity index (χ0n) is 13.5. The average molecular weight is 318 g/mol. The number of rotatable bonds is 4. The molecule has 0 bridgehead atoms. The SMILES string of the molecule is Cc1nnc2ccc(N3CC(N(C)CC4(O)CCOC4)C3)nn12. The molecule has 1 unspecified atom stereocenters. The summed E-state index contributed by atoms with van der Waals surface area (Å²) in [6.45, 7) is 5.47. The van der Waals surface area contributed by atoms with E-state index in [1.54, 1.807) is 4.52 Å². The summed E-state index contributed by atoms with van der Waals surface area (Å²) in [4.78, 5) is 4.46. The van der Waals surface area contributed by atoms with Gasteiger partial charge in [-0.05, 0) is 26.1 Å². The van der Waals surface area contributed by atoms with Crippen LogP contribution in [-0.4, -0.2) is 81.4 Å². The second-order valence-electron chi connectivity index (χ2n) is 6.71. The van der Waals surface area contributed by atoms with E-state index >= 15 is 0 Å². The van der Waals surface area contributed by atoms with Crippen LogP contribution in [0.4, 0.5) is 5.82 Å². The normalized spacial score (nSPS) is 25.5. The van der Waals surface area contributed by atoms with Crippen molar-refractivity contribution in [3.8, 4) is 0 Å². The Labute approximate surface area is 134 Å². The van der Waals surface area contributed by atoms with Crippen LogP contribution in [0.25, 0.3) is 5.65 Å². The molecule has 1 N–H and O–H groups in total. The summed E-state index contributed by atoms with van der Waals surface area (Å²) in [6.07, 6.45) is 0.721. The molecule has 4 heterocycles. The second kappa shape index (κ2) is 5.40. The van der Waals surface area contributed by atoms with Crippen LogP contribution in [0, 0.1) is 6.92 Å². The molecule has 2 fully saturated rings. The minimum absolute atomic E-state index is 0.430. The number of anilines is 1. The smallest absolute Gasteiger partial charge is 0.178 e. The van der Waals surface area contributed by atoms with E-state index in [9.17, 15) is 5.11 Å². The number of nitrogens with zero attached hydrogens (tertiary/aromatic N) is 6. The number of hydrogen-bond donors (Lipinski definition) is 1. The van der Waals surface area contributed by atoms with Crippen molar-refractivity contribution in [2.24, 2.45) is 0 Å². The summed E-state index contributed by atoms with van der Waals surface area (Å²) in [5.74, 6) is 1.73. The Hall–Kier alpha value is -1.77. The fourth-order valence-electron chi connectivity index (χ4n) is 3.29. The largest absolute Gasteiger partial charge is 0.386 e. The van der Waals surface area contributed by atoms with Crippen LogP contribution in [0.2, 0.25) is 0 Å². The molecule has 0 aromatic carbocycles. The van der Waals surface area contributed by atoms with E-state index in [-0.39, 0.29) is 0 Å². The Bertz CT molecular complexity index is 705. The standard InChI is InChI=1S/C15H22N6O2/c1-11-16-17-13-3-4-14(18-21(11)13)20-7-12(8-20)19(2)9-15(22)5-6-23-10-15/h3-4,12,22H,5-10H2,1-2H3. The molecule has 0 saturated carbocycles. The maximum Gasteiger partial charge on any atom is 0.178 e. The van der Waals surface area contributed by atoms with Gasteiger partial charge in [0.2, 0.25) is 0 Å². The molecule has 8 nitrogen and oxygen atoms in total. The Morgan fingerprint density at radius 2 is 2.22 bits per heavy atom. The van der Waals surface area contributed by atoms with Gasteiger partial charge in [-0.3, -0.25) is 4.90 Å². The van der Waals surface area contributed by atoms with E-state index in [0.717, 1.165) is 36.8 Å². The van der Waals surface area contributed by atoms with Crippen LogP contribution >= 0.6 is 0 Å². The first kappa shape index (κ1) is 14.8. The minimum atomic E-state index is -0.689. The molecule has 124 valence electrons. The van der Waals surface area contributed by atoms with Gasteiger partial charge in [0.15, 0.2) is 11.5 Å². The summed E-state index contributed by atoms with van der Waals surface area (Å²) in [5, 5.41) is 23.1. The summed E-state index contributed by atoms with van der Waals surface area (Å²) >= 11 is 0. The van der Waals surface area contributed by atoms with E-state index in [1.165, 1.54) is 0 Å². The highest BCUT2D eigenvalue weighted by molar-refractivity contribution is 5.47. The number of likely N-dealkylation sites (N-methyl/N-ethyl adjacent to an activating group) is 1. The predicted molar refractivity (Wildman–Crippen MR) is 84.5 cm³/mol. The molecule has 2 aromatic heterocycles. The molecule has 2 aliphatic rings. The predicted octanol–water partition coefficient (Wildman–Crippen LogP) is -0.295. The topological polar surface area (TPSA) is 79.0 Å². The van der Waals surface area contributed by atoms with Gasteiger partial charge in [0.1, 0.15) is 11.4 Å². The van der Waals surface area contributed by atoms with E-state index in [4.69, 9.17) is 4.74 Å². The fourth-order valence-corrected chi connectivity index (χ4v) is 3.29. The summed E-state index contributed by atoms with van der Waals surface area (Å²) in [6, 6.07) is 4.36. The third-order valence-electron chi connectivity index (χ3n) is 4.84. The third-order valence-corrected chi connectivity index (χ3v) is 4.84. The van der Waals surface area contributed by atoms with Crippen LogP contribution in [0.15, 0.2) is 12.1 Å². The van der Waals surface area contributed by atoms with Crippen molar-refractivity contribution in [1.82, 2.24) is 24.7 Å². The lowest BCUT2D eigenvalue weighted by Gasteiger charge is -2.46. The molecule has 2 saturated heterocycles. The van der Waals surface area contributed by atoms with Crippen molar-refractivity contribution in [2.45, 2.75) is 25.0 Å². The molecular weight excluding hydrogens is 296 g/mol. The first-order chi connectivity index (χ1) is 11.0. The van der Waals surface area contributed by atoms with E-state index < -0.39 is 5.60 Å². The zero-order chi connectivity index (χ0) is 16.0. The molecule has 0 spiro atoms. The first-order valence-corrected chi connectivity index (χ1v) is 7.98. The number of aryl methyl sites for hydroxylation is 1. The van der Waals surface area contributed by atoms with Crippen molar-refractivity contribution >= 4 is 11.5 Å². The molecule has 2 aromatic rings. The highest BCUT2D eigenvalue weighted by Crippen LogP contribution is 2.25. The van der Waals surface area contributed by atoms with Crippen LogP contribution in [-0.2, 0) is 4.74 Å². The van der Waals surface area contributed by atoms with Crippen LogP contribution in [0.5, 0.6) is 0 Å². The Kier molecular flexibility index (Phi) is 3.47. The summed E-state index contributed by atoms with van der Waals surface area (Å²) in [5.41, 5.74) is 0.0789. The van der Waals surface area contributed by atoms with Crippen LogP contribution in [0.3, 0.4) is 0 Å². The number of aromatic nitrogens is 4. The number of aliphatic hydroxyl groups is 1. The van der Waals surface area contributed by atoms with E-state index in [1.807, 2.05) is 19.1 Å². The molecular formula is C15H22N6O2. The van der Waals surface area contributed by atoms with Gasteiger partial charge in [0.25, 0.3) is 0 Å². The van der Waals surface area contributed by atoms with Crippen molar-refractivity contribution in [1.29, 1.82) is 0 Å². The van der Waals surface area contributed by atoms with Crippen LogP contribution < -0.4 is 4.90 Å². The highest BCUT2D eigenvalue weighted by atomic mass is 16.5. The average Bonchev–Trinajstić information content (AvgIpc) is 3.04. The lowest BCUT2D eigenvalue weighted by molar-refractivity contribution is -0.0106. The van der Waals surface area contributed by atoms with Gasteiger partial charge in [0.05, 0.1) is 6.61 Å². The minimum Gasteiger partial charge on any atom is -0.386 e. The maximum absolute atomic E-state index is 10.4. The lowest BCUT2D eigenvalue weighted by atomic mass is 10.00. The number of hydrogen-bond acceptors (Lipinski definition) is 7. The molecule has 0 aliphatic carbocycles. The first-order valence-electron chi connectivity index (χ1n) is 7.98. The number of fused-ring (bicyclic) bond motifs is 1. The monoisotopic (exact) mass is 318 g/mol. The van der Waals surface area contributed by atoms with E-state index in [0.29, 0.717) is 25.8 Å². The molecule has 8 heteroatoms. The Balaban J connectivity index is 1.39. The van der Waals surface area contributed by atoms with Gasteiger partial charge in [-0.1, -0.05) is 0 Å². The third kappa shape index (κ3) is 2.66. The quantitative estimate of drug-likeness (QED) is 0.829. The van der Waals surface area contributed by atoms with Gasteiger partial charge in [-0.25, -0.2) is 0 Å². The molecule has 1 atom stereocenters. The molecule has 4 rings (SSSR count). The molecule has 0 radical (unpaired) electrons. The zero-order valence-corrected chi connectivity index (χ0v) is 13.5. The van der Waals surface area contributed by atoms with E-state index in [2.05, 4.69) is 32.1 Å². The van der Waals surface area contributed by atoms with Crippen molar-refractivity contribution in [2.75, 3.05) is 44.8 Å². The van der Waals surface area contributed by atoms with Crippen molar-refractivity contribution in [3.63, 3.8) is 0 Å². The Morgan fingerprint density at radius 1 is 1.39 bits per heavy atom. The maximum atomic E-state index is 10.4. The van der Waals surface area contributed by atoms with Crippen LogP contribution in [0.1, 0.15) is 12.2 Å². The van der Waals surface area contributed by atoms with Gasteiger partial charge in [0, 0.05) is 38.7 Å². The van der Waals surface area contributed by atoms with Gasteiger partial charge in [-0.15, -0.1) is 15.3 Å². The summed E-state index contributed by atoms with van der Waals surface area (Å²) in [7, 11) is 2.07. The van der Waals surface area contributed by atoms with Crippen molar-refractivity contribution < 1.29 is 9.84 Å². The van der Waals surface area contributed by atoms with Gasteiger partial charge >= 0.3 is 0 Å². The Morgan fingerprint density at radius 3 is 2.96 bits per heavy atom. The molecule has 2 aliphatic heterocycles. The molecule has 23 heavy (non-hydrogen) atoms. The van der Waals surface area contributed by atoms with Gasteiger partial charge < -0.3 is 14.7 Å². The van der Waals surface area contributed by atoms with Gasteiger partial charge in [-0.2, -0.15) is 4.52 Å². The highest BCUT2D eigenvalue weighted by Gasteiger charge is 2.38. The fraction of sp³-hybridized carbons (Fsp3) is 0.667.